The third-order valence-corrected chi connectivity index (χ3v) is 4.17. The Morgan fingerprint density at radius 3 is 2.62 bits per heavy atom. The second-order valence-electron chi connectivity index (χ2n) is 7.46. The van der Waals surface area contributed by atoms with Crippen LogP contribution in [-0.2, 0) is 16.1 Å². The minimum atomic E-state index is -0.462. The molecule has 1 amide bonds. The molecule has 7 heteroatoms. The number of aromatic amines is 1. The molecule has 2 aromatic rings. The molecule has 1 aliphatic heterocycles. The Morgan fingerprint density at radius 1 is 1.27 bits per heavy atom. The summed E-state index contributed by atoms with van der Waals surface area (Å²) in [5.74, 6) is 0.798. The number of carbonyl (C=O) groups is 1. The van der Waals surface area contributed by atoms with E-state index in [1.165, 1.54) is 0 Å². The number of amides is 1. The van der Waals surface area contributed by atoms with Crippen LogP contribution in [0.4, 0.5) is 4.79 Å². The van der Waals surface area contributed by atoms with Crippen LogP contribution >= 0.6 is 0 Å². The van der Waals surface area contributed by atoms with E-state index in [2.05, 4.69) is 15.0 Å². The van der Waals surface area contributed by atoms with Gasteiger partial charge in [0.05, 0.1) is 18.0 Å². The summed E-state index contributed by atoms with van der Waals surface area (Å²) in [6.45, 7) is 7.38. The summed E-state index contributed by atoms with van der Waals surface area (Å²) in [6, 6.07) is 3.87. The molecule has 3 heterocycles. The van der Waals surface area contributed by atoms with Crippen molar-refractivity contribution in [1.82, 2.24) is 19.9 Å². The molecule has 0 unspecified atom stereocenters. The fourth-order valence-electron chi connectivity index (χ4n) is 2.84. The van der Waals surface area contributed by atoms with Crippen LogP contribution in [0.5, 0.6) is 0 Å². The Balaban J connectivity index is 1.44. The Labute approximate surface area is 153 Å². The monoisotopic (exact) mass is 358 g/mol. The first-order chi connectivity index (χ1) is 12.4. The first-order valence-electron chi connectivity index (χ1n) is 8.94. The first kappa shape index (κ1) is 18.4. The molecule has 0 aromatic carbocycles. The maximum Gasteiger partial charge on any atom is 0.410 e. The zero-order valence-corrected chi connectivity index (χ0v) is 15.6. The Morgan fingerprint density at radius 2 is 1.96 bits per heavy atom. The lowest BCUT2D eigenvalue weighted by molar-refractivity contribution is -0.0185. The van der Waals surface area contributed by atoms with Crippen molar-refractivity contribution >= 4 is 6.09 Å². The molecule has 1 saturated heterocycles. The van der Waals surface area contributed by atoms with Crippen LogP contribution < -0.4 is 0 Å². The summed E-state index contributed by atoms with van der Waals surface area (Å²) in [4.78, 5) is 25.5. The van der Waals surface area contributed by atoms with Gasteiger partial charge in [-0.15, -0.1) is 0 Å². The van der Waals surface area contributed by atoms with E-state index < -0.39 is 5.60 Å². The molecule has 0 spiro atoms. The van der Waals surface area contributed by atoms with Gasteiger partial charge in [-0.05, 0) is 45.7 Å². The zero-order chi connectivity index (χ0) is 18.6. The molecule has 7 nitrogen and oxygen atoms in total. The molecule has 0 bridgehead atoms. The Bertz CT molecular complexity index is 716. The van der Waals surface area contributed by atoms with Crippen LogP contribution in [0.2, 0.25) is 0 Å². The summed E-state index contributed by atoms with van der Waals surface area (Å²) in [5, 5.41) is 0. The summed E-state index contributed by atoms with van der Waals surface area (Å²) < 4.78 is 11.4. The maximum atomic E-state index is 12.1. The lowest BCUT2D eigenvalue weighted by Gasteiger charge is -2.33. The fourth-order valence-corrected chi connectivity index (χ4v) is 2.84. The van der Waals surface area contributed by atoms with Crippen LogP contribution in [0.15, 0.2) is 30.7 Å². The number of nitrogens with zero attached hydrogens (tertiary/aromatic N) is 3. The number of ether oxygens (including phenoxy) is 2. The molecule has 140 valence electrons. The Kier molecular flexibility index (Phi) is 5.56. The molecule has 1 aliphatic rings. The first-order valence-corrected chi connectivity index (χ1v) is 8.94. The van der Waals surface area contributed by atoms with Crippen LogP contribution in [-0.4, -0.2) is 50.7 Å². The van der Waals surface area contributed by atoms with Crippen LogP contribution in [0.25, 0.3) is 11.3 Å². The molecule has 0 radical (unpaired) electrons. The maximum absolute atomic E-state index is 12.1. The van der Waals surface area contributed by atoms with Crippen molar-refractivity contribution in [3.05, 3.63) is 36.5 Å². The number of nitrogens with one attached hydrogen (secondary N) is 1. The third kappa shape index (κ3) is 5.05. The second-order valence-corrected chi connectivity index (χ2v) is 7.46. The summed E-state index contributed by atoms with van der Waals surface area (Å²) in [5.41, 5.74) is 1.53. The van der Waals surface area contributed by atoms with E-state index in [-0.39, 0.29) is 12.2 Å². The van der Waals surface area contributed by atoms with Gasteiger partial charge < -0.3 is 19.4 Å². The summed E-state index contributed by atoms with van der Waals surface area (Å²) in [6.07, 6.45) is 6.80. The molecule has 0 aliphatic carbocycles. The smallest absolute Gasteiger partial charge is 0.410 e. The van der Waals surface area contributed by atoms with E-state index in [1.54, 1.807) is 23.5 Å². The molecule has 0 atom stereocenters. The van der Waals surface area contributed by atoms with E-state index in [0.29, 0.717) is 19.7 Å². The van der Waals surface area contributed by atoms with Crippen molar-refractivity contribution in [2.75, 3.05) is 13.1 Å². The van der Waals surface area contributed by atoms with E-state index in [9.17, 15) is 4.79 Å². The van der Waals surface area contributed by atoms with Gasteiger partial charge >= 0.3 is 6.09 Å². The molecular formula is C19H26N4O3. The number of imidazole rings is 1. The highest BCUT2D eigenvalue weighted by molar-refractivity contribution is 5.68. The predicted octanol–water partition coefficient (Wildman–Crippen LogP) is 3.39. The standard InChI is InChI=1S/C19H26N4O3/c1-19(2,3)26-18(24)23-10-6-15(7-11-23)25-13-17-21-12-16(22-17)14-4-8-20-9-5-14/h4-5,8-9,12,15H,6-7,10-11,13H2,1-3H3,(H,21,22). The van der Waals surface area contributed by atoms with Crippen LogP contribution in [0.1, 0.15) is 39.4 Å². The van der Waals surface area contributed by atoms with E-state index in [0.717, 1.165) is 29.9 Å². The largest absolute Gasteiger partial charge is 0.444 e. The molecule has 1 fully saturated rings. The highest BCUT2D eigenvalue weighted by Gasteiger charge is 2.27. The molecule has 1 N–H and O–H groups in total. The fraction of sp³-hybridized carbons (Fsp3) is 0.526. The summed E-state index contributed by atoms with van der Waals surface area (Å²) in [7, 11) is 0. The van der Waals surface area contributed by atoms with Crippen molar-refractivity contribution in [2.45, 2.75) is 51.9 Å². The van der Waals surface area contributed by atoms with Gasteiger partial charge in [0.25, 0.3) is 0 Å². The topological polar surface area (TPSA) is 80.3 Å². The number of rotatable bonds is 4. The van der Waals surface area contributed by atoms with Crippen LogP contribution in [0.3, 0.4) is 0 Å². The predicted molar refractivity (Wildman–Crippen MR) is 97.4 cm³/mol. The number of carbonyl (C=O) groups excluding carboxylic acids is 1. The lowest BCUT2D eigenvalue weighted by atomic mass is 10.1. The zero-order valence-electron chi connectivity index (χ0n) is 15.6. The number of piperidine rings is 1. The molecule has 0 saturated carbocycles. The normalized spacial score (nSPS) is 15.9. The van der Waals surface area contributed by atoms with E-state index >= 15 is 0 Å². The van der Waals surface area contributed by atoms with Gasteiger partial charge in [-0.25, -0.2) is 9.78 Å². The number of hydrogen-bond acceptors (Lipinski definition) is 5. The number of H-pyrrole nitrogens is 1. The third-order valence-electron chi connectivity index (χ3n) is 4.17. The number of likely N-dealkylation sites (tertiary alicyclic amines) is 1. The van der Waals surface area contributed by atoms with Crippen molar-refractivity contribution in [1.29, 1.82) is 0 Å². The van der Waals surface area contributed by atoms with Gasteiger partial charge in [0.15, 0.2) is 0 Å². The minimum absolute atomic E-state index is 0.128. The van der Waals surface area contributed by atoms with Crippen LogP contribution in [0, 0.1) is 0 Å². The Hall–Kier alpha value is -2.41. The number of hydrogen-bond donors (Lipinski definition) is 1. The molecule has 2 aromatic heterocycles. The average molecular weight is 358 g/mol. The SMILES string of the molecule is CC(C)(C)OC(=O)N1CCC(OCc2ncc(-c3ccncc3)[nH]2)CC1. The van der Waals surface area contributed by atoms with Crippen molar-refractivity contribution in [3.8, 4) is 11.3 Å². The minimum Gasteiger partial charge on any atom is -0.444 e. The number of pyridine rings is 1. The van der Waals surface area contributed by atoms with Gasteiger partial charge in [0.2, 0.25) is 0 Å². The van der Waals surface area contributed by atoms with Crippen molar-refractivity contribution < 1.29 is 14.3 Å². The van der Waals surface area contributed by atoms with Gasteiger partial charge in [0.1, 0.15) is 18.0 Å². The lowest BCUT2D eigenvalue weighted by Crippen LogP contribution is -2.43. The number of aromatic nitrogens is 3. The van der Waals surface area contributed by atoms with Gasteiger partial charge in [0, 0.05) is 31.0 Å². The van der Waals surface area contributed by atoms with E-state index in [1.807, 2.05) is 32.9 Å². The van der Waals surface area contributed by atoms with Crippen molar-refractivity contribution in [3.63, 3.8) is 0 Å². The average Bonchev–Trinajstić information content (AvgIpc) is 3.09. The highest BCUT2D eigenvalue weighted by Crippen LogP contribution is 2.19. The highest BCUT2D eigenvalue weighted by atomic mass is 16.6. The van der Waals surface area contributed by atoms with Crippen molar-refractivity contribution in [2.24, 2.45) is 0 Å². The van der Waals surface area contributed by atoms with Gasteiger partial charge in [-0.3, -0.25) is 4.98 Å². The molecular weight excluding hydrogens is 332 g/mol. The molecule has 3 rings (SSSR count). The molecule has 26 heavy (non-hydrogen) atoms. The van der Waals surface area contributed by atoms with Gasteiger partial charge in [-0.1, -0.05) is 0 Å². The second kappa shape index (κ2) is 7.86. The summed E-state index contributed by atoms with van der Waals surface area (Å²) >= 11 is 0. The quantitative estimate of drug-likeness (QED) is 0.906. The van der Waals surface area contributed by atoms with Gasteiger partial charge in [-0.2, -0.15) is 0 Å². The van der Waals surface area contributed by atoms with E-state index in [4.69, 9.17) is 9.47 Å².